The van der Waals surface area contributed by atoms with Crippen LogP contribution in [0, 0.1) is 17.2 Å². The molecule has 78 valence electrons. The van der Waals surface area contributed by atoms with Gasteiger partial charge in [-0.15, -0.1) is 0 Å². The van der Waals surface area contributed by atoms with Gasteiger partial charge in [0.1, 0.15) is 0 Å². The van der Waals surface area contributed by atoms with Crippen LogP contribution in [0.5, 0.6) is 0 Å². The van der Waals surface area contributed by atoms with Crippen LogP contribution in [0.25, 0.3) is 0 Å². The quantitative estimate of drug-likeness (QED) is 0.681. The van der Waals surface area contributed by atoms with Crippen LogP contribution >= 0.6 is 0 Å². The lowest BCUT2D eigenvalue weighted by atomic mass is 9.91. The zero-order valence-electron chi connectivity index (χ0n) is 8.83. The van der Waals surface area contributed by atoms with Crippen molar-refractivity contribution >= 4 is 0 Å². The van der Waals surface area contributed by atoms with Crippen LogP contribution in [-0.2, 0) is 4.74 Å². The minimum absolute atomic E-state index is 0.219. The summed E-state index contributed by atoms with van der Waals surface area (Å²) in [5, 5.41) is 8.94. The first-order valence-corrected chi connectivity index (χ1v) is 5.53. The Hall–Kier alpha value is -0.590. The van der Waals surface area contributed by atoms with Gasteiger partial charge in [0.15, 0.2) is 0 Å². The molecule has 0 saturated carbocycles. The monoisotopic (exact) mass is 194 g/mol. The van der Waals surface area contributed by atoms with E-state index in [9.17, 15) is 0 Å². The van der Waals surface area contributed by atoms with Crippen LogP contribution < -0.4 is 0 Å². The predicted octanol–water partition coefficient (Wildman–Crippen LogP) is 1.40. The molecule has 0 aliphatic carbocycles. The second-order valence-electron chi connectivity index (χ2n) is 4.44. The Kier molecular flexibility index (Phi) is 2.76. The van der Waals surface area contributed by atoms with Crippen LogP contribution in [0.3, 0.4) is 0 Å². The topological polar surface area (TPSA) is 36.3 Å². The summed E-state index contributed by atoms with van der Waals surface area (Å²) in [5.41, 5.74) is 0.219. The minimum atomic E-state index is 0.219. The van der Waals surface area contributed by atoms with Gasteiger partial charge in [0.05, 0.1) is 18.6 Å². The van der Waals surface area contributed by atoms with E-state index >= 15 is 0 Å². The van der Waals surface area contributed by atoms with Crippen molar-refractivity contribution in [2.45, 2.75) is 31.7 Å². The van der Waals surface area contributed by atoms with E-state index in [-0.39, 0.29) is 11.5 Å². The van der Waals surface area contributed by atoms with E-state index in [4.69, 9.17) is 10.00 Å². The SMILES string of the molecule is CCOC[C@@]12CCCN1CC(C#N)C2. The number of hydrogen-bond acceptors (Lipinski definition) is 3. The maximum atomic E-state index is 8.94. The average molecular weight is 194 g/mol. The van der Waals surface area contributed by atoms with Crippen molar-refractivity contribution in [1.82, 2.24) is 4.90 Å². The molecule has 0 bridgehead atoms. The summed E-state index contributed by atoms with van der Waals surface area (Å²) in [6.45, 7) is 5.76. The lowest BCUT2D eigenvalue weighted by Gasteiger charge is -2.31. The lowest BCUT2D eigenvalue weighted by Crippen LogP contribution is -2.42. The molecule has 2 heterocycles. The molecule has 2 atom stereocenters. The zero-order valence-corrected chi connectivity index (χ0v) is 8.83. The average Bonchev–Trinajstić information content (AvgIpc) is 2.70. The standard InChI is InChI=1S/C11H18N2O/c1-2-14-9-11-4-3-5-13(11)8-10(6-11)7-12/h10H,2-6,8-9H2,1H3/t10?,11-/m0/s1. The van der Waals surface area contributed by atoms with Gasteiger partial charge in [-0.1, -0.05) is 0 Å². The van der Waals surface area contributed by atoms with E-state index < -0.39 is 0 Å². The highest BCUT2D eigenvalue weighted by molar-refractivity contribution is 5.08. The Balaban J connectivity index is 2.03. The summed E-state index contributed by atoms with van der Waals surface area (Å²) in [4.78, 5) is 2.47. The maximum absolute atomic E-state index is 8.94. The zero-order chi connectivity index (χ0) is 10.0. The maximum Gasteiger partial charge on any atom is 0.0670 e. The normalized spacial score (nSPS) is 37.0. The molecule has 2 rings (SSSR count). The molecule has 0 amide bonds. The first-order valence-electron chi connectivity index (χ1n) is 5.53. The molecule has 2 saturated heterocycles. The fraction of sp³-hybridized carbons (Fsp3) is 0.909. The molecule has 3 heteroatoms. The first-order chi connectivity index (χ1) is 6.80. The molecular formula is C11H18N2O. The summed E-state index contributed by atoms with van der Waals surface area (Å²) in [6.07, 6.45) is 3.50. The molecule has 3 nitrogen and oxygen atoms in total. The van der Waals surface area contributed by atoms with Gasteiger partial charge in [-0.2, -0.15) is 5.26 Å². The summed E-state index contributed by atoms with van der Waals surface area (Å²) in [7, 11) is 0. The van der Waals surface area contributed by atoms with Crippen LogP contribution in [0.2, 0.25) is 0 Å². The minimum Gasteiger partial charge on any atom is -0.380 e. The Bertz CT molecular complexity index is 248. The van der Waals surface area contributed by atoms with E-state index in [2.05, 4.69) is 11.0 Å². The van der Waals surface area contributed by atoms with Crippen molar-refractivity contribution in [2.75, 3.05) is 26.3 Å². The molecule has 2 fully saturated rings. The summed E-state index contributed by atoms with van der Waals surface area (Å²) in [6, 6.07) is 2.40. The fourth-order valence-corrected chi connectivity index (χ4v) is 2.90. The van der Waals surface area contributed by atoms with Gasteiger partial charge >= 0.3 is 0 Å². The highest BCUT2D eigenvalue weighted by Gasteiger charge is 2.48. The largest absolute Gasteiger partial charge is 0.380 e. The Morgan fingerprint density at radius 2 is 2.50 bits per heavy atom. The molecule has 0 radical (unpaired) electrons. The van der Waals surface area contributed by atoms with E-state index in [1.165, 1.54) is 12.8 Å². The van der Waals surface area contributed by atoms with Crippen molar-refractivity contribution in [1.29, 1.82) is 5.26 Å². The van der Waals surface area contributed by atoms with Gasteiger partial charge in [0, 0.05) is 18.7 Å². The highest BCUT2D eigenvalue weighted by atomic mass is 16.5. The van der Waals surface area contributed by atoms with Gasteiger partial charge in [-0.3, -0.25) is 4.90 Å². The predicted molar refractivity (Wildman–Crippen MR) is 53.8 cm³/mol. The number of nitrogens with zero attached hydrogens (tertiary/aromatic N) is 2. The Morgan fingerprint density at radius 3 is 3.21 bits per heavy atom. The van der Waals surface area contributed by atoms with Gasteiger partial charge in [-0.05, 0) is 32.7 Å². The van der Waals surface area contributed by atoms with Crippen LogP contribution in [0.15, 0.2) is 0 Å². The third-order valence-electron chi connectivity index (χ3n) is 3.57. The van der Waals surface area contributed by atoms with Gasteiger partial charge < -0.3 is 4.74 Å². The Labute approximate surface area is 85.6 Å². The third-order valence-corrected chi connectivity index (χ3v) is 3.57. The van der Waals surface area contributed by atoms with Gasteiger partial charge in [0.2, 0.25) is 0 Å². The number of ether oxygens (including phenoxy) is 1. The van der Waals surface area contributed by atoms with Crippen LogP contribution in [0.4, 0.5) is 0 Å². The second kappa shape index (κ2) is 3.88. The van der Waals surface area contributed by atoms with Gasteiger partial charge in [-0.25, -0.2) is 0 Å². The molecule has 14 heavy (non-hydrogen) atoms. The molecular weight excluding hydrogens is 176 g/mol. The fourth-order valence-electron chi connectivity index (χ4n) is 2.90. The molecule has 0 aromatic rings. The van der Waals surface area contributed by atoms with E-state index in [1.54, 1.807) is 0 Å². The summed E-state index contributed by atoms with van der Waals surface area (Å²) in [5.74, 6) is 0.232. The molecule has 2 aliphatic heterocycles. The van der Waals surface area contributed by atoms with Crippen molar-refractivity contribution in [2.24, 2.45) is 5.92 Å². The smallest absolute Gasteiger partial charge is 0.0670 e. The molecule has 1 unspecified atom stereocenters. The van der Waals surface area contributed by atoms with E-state index in [0.717, 1.165) is 32.7 Å². The second-order valence-corrected chi connectivity index (χ2v) is 4.44. The third kappa shape index (κ3) is 1.53. The summed E-state index contributed by atoms with van der Waals surface area (Å²) >= 11 is 0. The highest BCUT2D eigenvalue weighted by Crippen LogP contribution is 2.41. The Morgan fingerprint density at radius 1 is 1.64 bits per heavy atom. The van der Waals surface area contributed by atoms with Gasteiger partial charge in [0.25, 0.3) is 0 Å². The number of hydrogen-bond donors (Lipinski definition) is 0. The lowest BCUT2D eigenvalue weighted by molar-refractivity contribution is 0.0416. The van der Waals surface area contributed by atoms with Crippen LogP contribution in [0.1, 0.15) is 26.2 Å². The number of rotatable bonds is 3. The molecule has 0 aromatic carbocycles. The van der Waals surface area contributed by atoms with Crippen LogP contribution in [-0.4, -0.2) is 36.7 Å². The van der Waals surface area contributed by atoms with Crippen molar-refractivity contribution in [3.63, 3.8) is 0 Å². The van der Waals surface area contributed by atoms with Crippen molar-refractivity contribution in [3.05, 3.63) is 0 Å². The van der Waals surface area contributed by atoms with E-state index in [1.807, 2.05) is 6.92 Å². The van der Waals surface area contributed by atoms with Crippen molar-refractivity contribution < 1.29 is 4.74 Å². The molecule has 0 aromatic heterocycles. The molecule has 0 spiro atoms. The van der Waals surface area contributed by atoms with Crippen molar-refractivity contribution in [3.8, 4) is 6.07 Å². The summed E-state index contributed by atoms with van der Waals surface area (Å²) < 4.78 is 5.56. The number of nitriles is 1. The molecule has 2 aliphatic rings. The molecule has 0 N–H and O–H groups in total. The number of fused-ring (bicyclic) bond motifs is 1. The van der Waals surface area contributed by atoms with E-state index in [0.29, 0.717) is 0 Å². The first kappa shape index (κ1) is 9.95.